The van der Waals surface area contributed by atoms with E-state index in [1.54, 1.807) is 36.4 Å². The van der Waals surface area contributed by atoms with Gasteiger partial charge in [-0.2, -0.15) is 4.98 Å². The van der Waals surface area contributed by atoms with Gasteiger partial charge in [0, 0.05) is 16.3 Å². The fourth-order valence-corrected chi connectivity index (χ4v) is 4.31. The summed E-state index contributed by atoms with van der Waals surface area (Å²) in [6.45, 7) is 2.45. The topological polar surface area (TPSA) is 81.4 Å². The number of hydrogen-bond acceptors (Lipinski definition) is 6. The molecule has 0 aliphatic carbocycles. The van der Waals surface area contributed by atoms with Gasteiger partial charge in [0.1, 0.15) is 5.75 Å². The second-order valence-corrected chi connectivity index (χ2v) is 8.86. The summed E-state index contributed by atoms with van der Waals surface area (Å²) in [6, 6.07) is 22.1. The van der Waals surface area contributed by atoms with Crippen molar-refractivity contribution in [2.24, 2.45) is 0 Å². The van der Waals surface area contributed by atoms with Gasteiger partial charge in [-0.25, -0.2) is 8.42 Å². The van der Waals surface area contributed by atoms with Gasteiger partial charge in [-0.15, -0.1) is 0 Å². The molecule has 0 spiro atoms. The molecule has 0 unspecified atom stereocenters. The van der Waals surface area contributed by atoms with E-state index in [0.29, 0.717) is 28.6 Å². The first-order valence-electron chi connectivity index (χ1n) is 9.54. The normalized spacial score (nSPS) is 11.3. The Kier molecular flexibility index (Phi) is 5.97. The smallest absolute Gasteiger partial charge is 0.238 e. The molecular weight excluding hydrogens is 436 g/mol. The van der Waals surface area contributed by atoms with Gasteiger partial charge in [-0.1, -0.05) is 29.8 Å². The molecule has 0 radical (unpaired) electrons. The molecule has 1 aromatic heterocycles. The monoisotopic (exact) mass is 454 g/mol. The number of halogens is 1. The van der Waals surface area contributed by atoms with Crippen molar-refractivity contribution in [3.05, 3.63) is 83.9 Å². The van der Waals surface area contributed by atoms with Crippen molar-refractivity contribution in [2.75, 3.05) is 11.9 Å². The minimum atomic E-state index is -3.96. The Morgan fingerprint density at radius 1 is 0.968 bits per heavy atom. The number of oxazole rings is 1. The lowest BCUT2D eigenvalue weighted by molar-refractivity contribution is 0.340. The summed E-state index contributed by atoms with van der Waals surface area (Å²) < 4.78 is 38.0. The summed E-state index contributed by atoms with van der Waals surface area (Å²) in [7, 11) is -3.96. The lowest BCUT2D eigenvalue weighted by atomic mass is 10.2. The Balaban J connectivity index is 1.79. The highest BCUT2D eigenvalue weighted by Crippen LogP contribution is 2.34. The molecule has 6 nitrogen and oxygen atoms in total. The molecule has 0 saturated heterocycles. The number of rotatable bonds is 7. The highest BCUT2D eigenvalue weighted by Gasteiger charge is 2.28. The second-order valence-electron chi connectivity index (χ2n) is 6.56. The maximum Gasteiger partial charge on any atom is 0.238 e. The van der Waals surface area contributed by atoms with E-state index in [0.717, 1.165) is 0 Å². The van der Waals surface area contributed by atoms with E-state index in [-0.39, 0.29) is 21.7 Å². The molecule has 158 valence electrons. The SMILES string of the molecule is CCOc1ccc(-c2nc(S(=O)(=O)c3ccc(Cl)cc3)c(Nc3ccccc3)o2)cc1. The van der Waals surface area contributed by atoms with Crippen LogP contribution < -0.4 is 10.1 Å². The average Bonchev–Trinajstić information content (AvgIpc) is 3.20. The van der Waals surface area contributed by atoms with Crippen molar-refractivity contribution in [3.8, 4) is 17.2 Å². The number of anilines is 2. The van der Waals surface area contributed by atoms with Crippen LogP contribution in [0.25, 0.3) is 11.5 Å². The number of nitrogens with one attached hydrogen (secondary N) is 1. The summed E-state index contributed by atoms with van der Waals surface area (Å²) in [5.41, 5.74) is 1.29. The molecule has 1 N–H and O–H groups in total. The molecule has 31 heavy (non-hydrogen) atoms. The summed E-state index contributed by atoms with van der Waals surface area (Å²) in [5.74, 6) is 0.911. The number of para-hydroxylation sites is 1. The number of nitrogens with zero attached hydrogens (tertiary/aromatic N) is 1. The van der Waals surface area contributed by atoms with E-state index in [1.807, 2.05) is 25.1 Å². The molecule has 4 rings (SSSR count). The van der Waals surface area contributed by atoms with E-state index in [4.69, 9.17) is 20.8 Å². The molecule has 8 heteroatoms. The van der Waals surface area contributed by atoms with Crippen LogP contribution in [0.1, 0.15) is 6.92 Å². The fraction of sp³-hybridized carbons (Fsp3) is 0.0870. The van der Waals surface area contributed by atoms with Gasteiger partial charge < -0.3 is 14.5 Å². The molecule has 0 atom stereocenters. The number of hydrogen-bond donors (Lipinski definition) is 1. The molecule has 3 aromatic carbocycles. The average molecular weight is 455 g/mol. The number of sulfone groups is 1. The van der Waals surface area contributed by atoms with Crippen LogP contribution in [0.5, 0.6) is 5.75 Å². The summed E-state index contributed by atoms with van der Waals surface area (Å²) in [6.07, 6.45) is 0. The first kappa shape index (κ1) is 21.0. The van der Waals surface area contributed by atoms with Gasteiger partial charge >= 0.3 is 0 Å². The van der Waals surface area contributed by atoms with Crippen LogP contribution in [0.3, 0.4) is 0 Å². The lowest BCUT2D eigenvalue weighted by Gasteiger charge is -2.06. The van der Waals surface area contributed by atoms with Crippen molar-refractivity contribution >= 4 is 33.0 Å². The van der Waals surface area contributed by atoms with E-state index >= 15 is 0 Å². The molecule has 0 bridgehead atoms. The zero-order chi connectivity index (χ0) is 21.8. The zero-order valence-corrected chi connectivity index (χ0v) is 18.2. The van der Waals surface area contributed by atoms with Crippen molar-refractivity contribution in [3.63, 3.8) is 0 Å². The Bertz CT molecular complexity index is 1270. The Labute approximate surface area is 185 Å². The molecule has 0 saturated carbocycles. The van der Waals surface area contributed by atoms with Crippen LogP contribution in [0.2, 0.25) is 5.02 Å². The van der Waals surface area contributed by atoms with Crippen molar-refractivity contribution in [2.45, 2.75) is 16.8 Å². The highest BCUT2D eigenvalue weighted by molar-refractivity contribution is 7.91. The minimum Gasteiger partial charge on any atom is -0.494 e. The molecule has 4 aromatic rings. The lowest BCUT2D eigenvalue weighted by Crippen LogP contribution is -2.05. The van der Waals surface area contributed by atoms with Gasteiger partial charge in [0.05, 0.1) is 11.5 Å². The molecule has 1 heterocycles. The highest BCUT2D eigenvalue weighted by atomic mass is 35.5. The van der Waals surface area contributed by atoms with Crippen molar-refractivity contribution in [1.82, 2.24) is 4.98 Å². The fourth-order valence-electron chi connectivity index (χ4n) is 2.93. The number of ether oxygens (including phenoxy) is 1. The van der Waals surface area contributed by atoms with Gasteiger partial charge in [-0.05, 0) is 67.6 Å². The zero-order valence-electron chi connectivity index (χ0n) is 16.6. The van der Waals surface area contributed by atoms with Gasteiger partial charge in [0.25, 0.3) is 0 Å². The summed E-state index contributed by atoms with van der Waals surface area (Å²) in [5, 5.41) is 3.26. The predicted molar refractivity (Wildman–Crippen MR) is 120 cm³/mol. The van der Waals surface area contributed by atoms with E-state index in [2.05, 4.69) is 10.3 Å². The van der Waals surface area contributed by atoms with E-state index in [9.17, 15) is 8.42 Å². The van der Waals surface area contributed by atoms with Gasteiger partial charge in [0.15, 0.2) is 0 Å². The summed E-state index contributed by atoms with van der Waals surface area (Å²) in [4.78, 5) is 4.40. The number of aromatic nitrogens is 1. The van der Waals surface area contributed by atoms with E-state index in [1.165, 1.54) is 24.3 Å². The molecule has 0 amide bonds. The predicted octanol–water partition coefficient (Wildman–Crippen LogP) is 5.97. The quantitative estimate of drug-likeness (QED) is 0.370. The van der Waals surface area contributed by atoms with Crippen LogP contribution in [0.4, 0.5) is 11.6 Å². The number of benzene rings is 3. The van der Waals surface area contributed by atoms with Crippen LogP contribution >= 0.6 is 11.6 Å². The summed E-state index contributed by atoms with van der Waals surface area (Å²) >= 11 is 5.91. The first-order chi connectivity index (χ1) is 15.0. The maximum atomic E-state index is 13.3. The Morgan fingerprint density at radius 2 is 1.65 bits per heavy atom. The molecule has 0 fully saturated rings. The Hall–Kier alpha value is -3.29. The Morgan fingerprint density at radius 3 is 2.29 bits per heavy atom. The van der Waals surface area contributed by atoms with Crippen LogP contribution in [0.15, 0.2) is 93.2 Å². The maximum absolute atomic E-state index is 13.3. The largest absolute Gasteiger partial charge is 0.494 e. The van der Waals surface area contributed by atoms with E-state index < -0.39 is 9.84 Å². The molecule has 0 aliphatic rings. The minimum absolute atomic E-state index is 0.0324. The third-order valence-corrected chi connectivity index (χ3v) is 6.35. The standard InChI is InChI=1S/C23H19ClN2O4S/c1-2-29-19-12-8-16(9-13-19)21-26-23(22(30-21)25-18-6-4-3-5-7-18)31(27,28)20-14-10-17(24)11-15-20/h3-15,25H,2H2,1H3. The van der Waals surface area contributed by atoms with Crippen molar-refractivity contribution < 1.29 is 17.6 Å². The van der Waals surface area contributed by atoms with Gasteiger partial charge in [-0.3, -0.25) is 0 Å². The first-order valence-corrected chi connectivity index (χ1v) is 11.4. The third-order valence-electron chi connectivity index (χ3n) is 4.42. The van der Waals surface area contributed by atoms with Crippen molar-refractivity contribution in [1.29, 1.82) is 0 Å². The molecular formula is C23H19ClN2O4S. The second kappa shape index (κ2) is 8.83. The third kappa shape index (κ3) is 4.57. The van der Waals surface area contributed by atoms with Crippen LogP contribution in [-0.4, -0.2) is 20.0 Å². The van der Waals surface area contributed by atoms with Crippen LogP contribution in [0, 0.1) is 0 Å². The van der Waals surface area contributed by atoms with Gasteiger partial charge in [0.2, 0.25) is 26.6 Å². The molecule has 0 aliphatic heterocycles. The van der Waals surface area contributed by atoms with Crippen LogP contribution in [-0.2, 0) is 9.84 Å².